The highest BCUT2D eigenvalue weighted by Crippen LogP contribution is 2.23. The first-order valence-corrected chi connectivity index (χ1v) is 7.31. The summed E-state index contributed by atoms with van der Waals surface area (Å²) in [5.41, 5.74) is 0.742. The van der Waals surface area contributed by atoms with Gasteiger partial charge < -0.3 is 0 Å². The summed E-state index contributed by atoms with van der Waals surface area (Å²) in [6.45, 7) is 1.69. The highest BCUT2D eigenvalue weighted by Gasteiger charge is 2.27. The van der Waals surface area contributed by atoms with E-state index in [1.54, 1.807) is 6.92 Å². The van der Waals surface area contributed by atoms with Crippen LogP contribution in [0.25, 0.3) is 0 Å². The van der Waals surface area contributed by atoms with Gasteiger partial charge in [0.25, 0.3) is 0 Å². The lowest BCUT2D eigenvalue weighted by Gasteiger charge is -2.10. The van der Waals surface area contributed by atoms with Crippen LogP contribution < -0.4 is 4.72 Å². The predicted molar refractivity (Wildman–Crippen MR) is 66.7 cm³/mol. The summed E-state index contributed by atoms with van der Waals surface area (Å²) < 4.78 is 61.1. The minimum atomic E-state index is -4.36. The maximum absolute atomic E-state index is 11.9. The second-order valence-electron chi connectivity index (χ2n) is 3.99. The molecule has 0 bridgehead atoms. The van der Waals surface area contributed by atoms with Crippen molar-refractivity contribution in [3.05, 3.63) is 23.0 Å². The Morgan fingerprint density at radius 2 is 2.05 bits per heavy atom. The Hall–Kier alpha value is -1.02. The molecule has 19 heavy (non-hydrogen) atoms. The van der Waals surface area contributed by atoms with Crippen LogP contribution in [0, 0.1) is 6.92 Å². The summed E-state index contributed by atoms with van der Waals surface area (Å²) in [6.07, 6.45) is -4.56. The molecule has 0 radical (unpaired) electrons. The lowest BCUT2D eigenvalue weighted by molar-refractivity contribution is -0.134. The number of rotatable bonds is 5. The van der Waals surface area contributed by atoms with Gasteiger partial charge in [-0.25, -0.2) is 13.4 Å². The van der Waals surface area contributed by atoms with E-state index in [4.69, 9.17) is 11.6 Å². The minimum Gasteiger partial charge on any atom is -0.280 e. The summed E-state index contributed by atoms with van der Waals surface area (Å²) in [5, 5.41) is -0.0509. The van der Waals surface area contributed by atoms with Crippen LogP contribution in [0.3, 0.4) is 0 Å². The molecule has 0 aliphatic rings. The van der Waals surface area contributed by atoms with E-state index in [0.29, 0.717) is 5.56 Å². The maximum atomic E-state index is 11.9. The van der Waals surface area contributed by atoms with Crippen LogP contribution in [-0.2, 0) is 10.0 Å². The highest BCUT2D eigenvalue weighted by atomic mass is 35.5. The van der Waals surface area contributed by atoms with Crippen molar-refractivity contribution in [3.8, 4) is 0 Å². The number of anilines is 1. The van der Waals surface area contributed by atoms with Gasteiger partial charge in [0, 0.05) is 12.6 Å². The van der Waals surface area contributed by atoms with Crippen molar-refractivity contribution in [2.45, 2.75) is 25.9 Å². The molecule has 0 amide bonds. The second-order valence-corrected chi connectivity index (χ2v) is 6.19. The third-order valence-electron chi connectivity index (χ3n) is 2.11. The second kappa shape index (κ2) is 5.96. The van der Waals surface area contributed by atoms with Gasteiger partial charge in [0.1, 0.15) is 0 Å². The van der Waals surface area contributed by atoms with Crippen LogP contribution in [0.2, 0.25) is 5.15 Å². The molecule has 0 aromatic carbocycles. The Balaban J connectivity index is 2.67. The molecule has 108 valence electrons. The Morgan fingerprint density at radius 3 is 2.63 bits per heavy atom. The number of aromatic nitrogens is 1. The summed E-state index contributed by atoms with van der Waals surface area (Å²) in [6, 6.07) is 1.46. The van der Waals surface area contributed by atoms with Gasteiger partial charge in [-0.2, -0.15) is 13.2 Å². The maximum Gasteiger partial charge on any atom is 0.389 e. The van der Waals surface area contributed by atoms with Crippen LogP contribution in [0.4, 0.5) is 18.9 Å². The third-order valence-corrected chi connectivity index (χ3v) is 3.77. The van der Waals surface area contributed by atoms with Crippen molar-refractivity contribution >= 4 is 27.3 Å². The zero-order valence-corrected chi connectivity index (χ0v) is 11.5. The Labute approximate surface area is 114 Å². The molecule has 1 aromatic rings. The van der Waals surface area contributed by atoms with Gasteiger partial charge in [-0.1, -0.05) is 11.6 Å². The molecule has 0 aliphatic carbocycles. The van der Waals surface area contributed by atoms with E-state index in [9.17, 15) is 21.6 Å². The van der Waals surface area contributed by atoms with E-state index in [1.165, 1.54) is 12.3 Å². The van der Waals surface area contributed by atoms with Gasteiger partial charge in [-0.3, -0.25) is 4.72 Å². The Morgan fingerprint density at radius 1 is 1.42 bits per heavy atom. The van der Waals surface area contributed by atoms with E-state index in [0.717, 1.165) is 0 Å². The quantitative estimate of drug-likeness (QED) is 0.849. The summed E-state index contributed by atoms with van der Waals surface area (Å²) in [4.78, 5) is 3.74. The van der Waals surface area contributed by atoms with Gasteiger partial charge in [0.05, 0.1) is 11.4 Å². The largest absolute Gasteiger partial charge is 0.389 e. The number of alkyl halides is 3. The van der Waals surface area contributed by atoms with Gasteiger partial charge in [-0.15, -0.1) is 0 Å². The van der Waals surface area contributed by atoms with Crippen LogP contribution in [0.15, 0.2) is 12.3 Å². The lowest BCUT2D eigenvalue weighted by atomic mass is 10.3. The molecule has 0 unspecified atom stereocenters. The topological polar surface area (TPSA) is 59.1 Å². The number of aryl methyl sites for hydroxylation is 1. The third kappa shape index (κ3) is 6.11. The normalized spacial score (nSPS) is 12.5. The van der Waals surface area contributed by atoms with Gasteiger partial charge in [-0.05, 0) is 25.0 Å². The molecule has 0 spiro atoms. The molecule has 1 heterocycles. The molecule has 0 fully saturated rings. The predicted octanol–water partition coefficient (Wildman–Crippen LogP) is 3.13. The molecule has 0 saturated carbocycles. The fourth-order valence-corrected chi connectivity index (χ4v) is 2.63. The standard InChI is InChI=1S/C10H12ClF3N2O2S/c1-7-5-8(9(11)15-6-7)16-19(17,18)4-2-3-10(12,13)14/h5-6,16H,2-4H2,1H3. The molecule has 1 rings (SSSR count). The molecule has 0 aliphatic heterocycles. The van der Waals surface area contributed by atoms with Crippen LogP contribution in [0.1, 0.15) is 18.4 Å². The Bertz CT molecular complexity index is 546. The Kier molecular flexibility index (Phi) is 5.03. The molecular weight excluding hydrogens is 305 g/mol. The van der Waals surface area contributed by atoms with E-state index < -0.39 is 34.8 Å². The van der Waals surface area contributed by atoms with Crippen molar-refractivity contribution in [2.75, 3.05) is 10.5 Å². The molecule has 1 aromatic heterocycles. The van der Waals surface area contributed by atoms with Crippen LogP contribution in [-0.4, -0.2) is 25.3 Å². The zero-order chi connectivity index (χ0) is 14.7. The molecule has 4 nitrogen and oxygen atoms in total. The van der Waals surface area contributed by atoms with Crippen molar-refractivity contribution in [2.24, 2.45) is 0 Å². The zero-order valence-electron chi connectivity index (χ0n) is 9.96. The number of sulfonamides is 1. The first-order valence-electron chi connectivity index (χ1n) is 5.28. The van der Waals surface area contributed by atoms with Crippen LogP contribution >= 0.6 is 11.6 Å². The molecule has 1 N–H and O–H groups in total. The number of pyridine rings is 1. The SMILES string of the molecule is Cc1cnc(Cl)c(NS(=O)(=O)CCCC(F)(F)F)c1. The fraction of sp³-hybridized carbons (Fsp3) is 0.500. The number of hydrogen-bond donors (Lipinski definition) is 1. The minimum absolute atomic E-state index is 0.0509. The van der Waals surface area contributed by atoms with Gasteiger partial charge in [0.15, 0.2) is 5.15 Å². The molecule has 0 atom stereocenters. The molecule has 0 saturated heterocycles. The lowest BCUT2D eigenvalue weighted by Crippen LogP contribution is -2.19. The molecular formula is C10H12ClF3N2O2S. The first kappa shape index (κ1) is 16.0. The van der Waals surface area contributed by atoms with Crippen molar-refractivity contribution in [3.63, 3.8) is 0 Å². The average molecular weight is 317 g/mol. The van der Waals surface area contributed by atoms with Crippen molar-refractivity contribution in [1.82, 2.24) is 4.98 Å². The van der Waals surface area contributed by atoms with E-state index in [-0.39, 0.29) is 10.8 Å². The van der Waals surface area contributed by atoms with Gasteiger partial charge in [0.2, 0.25) is 10.0 Å². The van der Waals surface area contributed by atoms with Crippen molar-refractivity contribution in [1.29, 1.82) is 0 Å². The van der Waals surface area contributed by atoms with Crippen LogP contribution in [0.5, 0.6) is 0 Å². The smallest absolute Gasteiger partial charge is 0.280 e. The average Bonchev–Trinajstić information content (AvgIpc) is 2.20. The first-order chi connectivity index (χ1) is 8.59. The number of hydrogen-bond acceptors (Lipinski definition) is 3. The monoisotopic (exact) mass is 316 g/mol. The van der Waals surface area contributed by atoms with Gasteiger partial charge >= 0.3 is 6.18 Å². The fourth-order valence-electron chi connectivity index (χ4n) is 1.31. The highest BCUT2D eigenvalue weighted by molar-refractivity contribution is 7.92. The van der Waals surface area contributed by atoms with E-state index >= 15 is 0 Å². The summed E-state index contributed by atoms with van der Waals surface area (Å²) in [7, 11) is -3.87. The summed E-state index contributed by atoms with van der Waals surface area (Å²) in [5.74, 6) is -0.628. The number of nitrogens with one attached hydrogen (secondary N) is 1. The van der Waals surface area contributed by atoms with Crippen molar-refractivity contribution < 1.29 is 21.6 Å². The summed E-state index contributed by atoms with van der Waals surface area (Å²) >= 11 is 5.69. The number of halogens is 4. The molecule has 9 heteroatoms. The van der Waals surface area contributed by atoms with E-state index in [2.05, 4.69) is 9.71 Å². The van der Waals surface area contributed by atoms with E-state index in [1.807, 2.05) is 0 Å². The number of nitrogens with zero attached hydrogens (tertiary/aromatic N) is 1.